The first kappa shape index (κ1) is 15.1. The molecule has 1 N–H and O–H groups in total. The Kier molecular flexibility index (Phi) is 5.49. The number of benzene rings is 1. The summed E-state index contributed by atoms with van der Waals surface area (Å²) in [7, 11) is 0. The molecule has 0 bridgehead atoms. The summed E-state index contributed by atoms with van der Waals surface area (Å²) in [5, 5.41) is 4.02. The highest BCUT2D eigenvalue weighted by Gasteiger charge is 2.16. The Morgan fingerprint density at radius 1 is 1.26 bits per heavy atom. The fourth-order valence-corrected chi connectivity index (χ4v) is 3.33. The number of rotatable bonds is 5. The first-order valence-corrected chi connectivity index (χ1v) is 7.71. The lowest BCUT2D eigenvalue weighted by molar-refractivity contribution is 0.454. The fraction of sp³-hybridized carbons (Fsp3) is 0.600. The summed E-state index contributed by atoms with van der Waals surface area (Å²) in [5.41, 5.74) is 0.773. The highest BCUT2D eigenvalue weighted by atomic mass is 35.5. The van der Waals surface area contributed by atoms with Crippen molar-refractivity contribution in [2.24, 2.45) is 5.92 Å². The van der Waals surface area contributed by atoms with E-state index >= 15 is 0 Å². The van der Waals surface area contributed by atoms with Gasteiger partial charge in [0, 0.05) is 11.1 Å². The lowest BCUT2D eigenvalue weighted by Gasteiger charge is -2.17. The van der Waals surface area contributed by atoms with Crippen LogP contribution in [0, 0.1) is 11.7 Å². The molecule has 2 rings (SSSR count). The molecule has 0 radical (unpaired) electrons. The molecule has 0 amide bonds. The first-order chi connectivity index (χ1) is 9.08. The summed E-state index contributed by atoms with van der Waals surface area (Å²) in [6.45, 7) is 2.95. The van der Waals surface area contributed by atoms with Gasteiger partial charge in [0.05, 0.1) is 5.02 Å². The monoisotopic (exact) mass is 303 g/mol. The van der Waals surface area contributed by atoms with Crippen molar-refractivity contribution in [3.8, 4) is 0 Å². The zero-order valence-electron chi connectivity index (χ0n) is 11.2. The summed E-state index contributed by atoms with van der Waals surface area (Å²) >= 11 is 11.8. The molecule has 0 aliphatic heterocycles. The summed E-state index contributed by atoms with van der Waals surface area (Å²) < 4.78 is 13.5. The van der Waals surface area contributed by atoms with Crippen LogP contribution in [0.15, 0.2) is 12.1 Å². The van der Waals surface area contributed by atoms with Crippen LogP contribution in [0.25, 0.3) is 0 Å². The van der Waals surface area contributed by atoms with Crippen molar-refractivity contribution in [2.45, 2.75) is 45.1 Å². The summed E-state index contributed by atoms with van der Waals surface area (Å²) in [4.78, 5) is 0. The Bertz CT molecular complexity index is 430. The predicted octanol–water partition coefficient (Wildman–Crippen LogP) is 5.36. The minimum Gasteiger partial charge on any atom is -0.310 e. The third-order valence-corrected chi connectivity index (χ3v) is 4.60. The average Bonchev–Trinajstić information content (AvgIpc) is 2.86. The van der Waals surface area contributed by atoms with E-state index in [1.807, 2.05) is 6.92 Å². The van der Waals surface area contributed by atoms with E-state index in [-0.39, 0.29) is 11.1 Å². The molecule has 1 fully saturated rings. The molecule has 106 valence electrons. The van der Waals surface area contributed by atoms with Crippen LogP contribution in [-0.4, -0.2) is 6.54 Å². The van der Waals surface area contributed by atoms with E-state index in [1.54, 1.807) is 0 Å². The standard InChI is InChI=1S/C15H20Cl2FN/c1-10(19-7-6-11-4-2-3-5-11)12-8-15(18)14(17)9-13(12)16/h8-11,19H,2-7H2,1H3. The van der Waals surface area contributed by atoms with E-state index in [9.17, 15) is 4.39 Å². The Morgan fingerprint density at radius 2 is 1.95 bits per heavy atom. The number of halogens is 3. The van der Waals surface area contributed by atoms with Crippen molar-refractivity contribution in [1.82, 2.24) is 5.32 Å². The Morgan fingerprint density at radius 3 is 2.63 bits per heavy atom. The molecule has 4 heteroatoms. The molecule has 1 aliphatic carbocycles. The SMILES string of the molecule is CC(NCCC1CCCC1)c1cc(F)c(Cl)cc1Cl. The zero-order chi connectivity index (χ0) is 13.8. The lowest BCUT2D eigenvalue weighted by Crippen LogP contribution is -2.21. The van der Waals surface area contributed by atoms with Crippen LogP contribution in [0.4, 0.5) is 4.39 Å². The maximum atomic E-state index is 13.5. The van der Waals surface area contributed by atoms with Crippen LogP contribution in [0.5, 0.6) is 0 Å². The highest BCUT2D eigenvalue weighted by Crippen LogP contribution is 2.30. The highest BCUT2D eigenvalue weighted by molar-refractivity contribution is 6.35. The van der Waals surface area contributed by atoms with Gasteiger partial charge in [-0.05, 0) is 43.5 Å². The largest absolute Gasteiger partial charge is 0.310 e. The van der Waals surface area contributed by atoms with Crippen LogP contribution in [0.3, 0.4) is 0 Å². The van der Waals surface area contributed by atoms with Gasteiger partial charge < -0.3 is 5.32 Å². The number of hydrogen-bond donors (Lipinski definition) is 1. The van der Waals surface area contributed by atoms with Crippen LogP contribution < -0.4 is 5.32 Å². The molecule has 1 nitrogen and oxygen atoms in total. The molecule has 19 heavy (non-hydrogen) atoms. The van der Waals surface area contributed by atoms with Crippen molar-refractivity contribution >= 4 is 23.2 Å². The fourth-order valence-electron chi connectivity index (χ4n) is 2.78. The smallest absolute Gasteiger partial charge is 0.142 e. The second-order valence-corrected chi connectivity index (χ2v) is 6.22. The summed E-state index contributed by atoms with van der Waals surface area (Å²) in [6, 6.07) is 2.95. The first-order valence-electron chi connectivity index (χ1n) is 6.95. The summed E-state index contributed by atoms with van der Waals surface area (Å²) in [5.74, 6) is 0.447. The predicted molar refractivity (Wildman–Crippen MR) is 79.4 cm³/mol. The van der Waals surface area contributed by atoms with Gasteiger partial charge in [0.2, 0.25) is 0 Å². The van der Waals surface area contributed by atoms with Gasteiger partial charge in [0.1, 0.15) is 5.82 Å². The maximum absolute atomic E-state index is 13.5. The molecule has 1 unspecified atom stereocenters. The van der Waals surface area contributed by atoms with Gasteiger partial charge in [0.25, 0.3) is 0 Å². The van der Waals surface area contributed by atoms with Gasteiger partial charge in [0.15, 0.2) is 0 Å². The van der Waals surface area contributed by atoms with E-state index in [0.29, 0.717) is 5.02 Å². The van der Waals surface area contributed by atoms with Gasteiger partial charge >= 0.3 is 0 Å². The second kappa shape index (κ2) is 6.92. The molecule has 1 aliphatic rings. The third-order valence-electron chi connectivity index (χ3n) is 3.98. The normalized spacial score (nSPS) is 17.9. The van der Waals surface area contributed by atoms with Crippen LogP contribution in [-0.2, 0) is 0 Å². The van der Waals surface area contributed by atoms with E-state index in [0.717, 1.165) is 18.0 Å². The minimum atomic E-state index is -0.412. The average molecular weight is 304 g/mol. The van der Waals surface area contributed by atoms with Gasteiger partial charge in [-0.25, -0.2) is 4.39 Å². The number of nitrogens with one attached hydrogen (secondary N) is 1. The van der Waals surface area contributed by atoms with Gasteiger partial charge in [-0.15, -0.1) is 0 Å². The number of hydrogen-bond acceptors (Lipinski definition) is 1. The molecular weight excluding hydrogens is 284 g/mol. The second-order valence-electron chi connectivity index (χ2n) is 5.40. The molecule has 1 aromatic carbocycles. The molecule has 0 spiro atoms. The van der Waals surface area contributed by atoms with Crippen molar-refractivity contribution in [1.29, 1.82) is 0 Å². The van der Waals surface area contributed by atoms with Crippen molar-refractivity contribution in [3.63, 3.8) is 0 Å². The van der Waals surface area contributed by atoms with Gasteiger partial charge in [-0.1, -0.05) is 48.9 Å². The minimum absolute atomic E-state index is 0.0423. The molecule has 0 heterocycles. The topological polar surface area (TPSA) is 12.0 Å². The maximum Gasteiger partial charge on any atom is 0.142 e. The Balaban J connectivity index is 1.88. The van der Waals surface area contributed by atoms with Crippen molar-refractivity contribution in [2.75, 3.05) is 6.54 Å². The van der Waals surface area contributed by atoms with E-state index in [2.05, 4.69) is 5.32 Å². The van der Waals surface area contributed by atoms with Crippen LogP contribution in [0.1, 0.15) is 50.6 Å². The van der Waals surface area contributed by atoms with Crippen molar-refractivity contribution < 1.29 is 4.39 Å². The third kappa shape index (κ3) is 4.08. The van der Waals surface area contributed by atoms with Crippen LogP contribution in [0.2, 0.25) is 10.0 Å². The molecule has 1 saturated carbocycles. The Labute approximate surface area is 124 Å². The lowest BCUT2D eigenvalue weighted by atomic mass is 10.0. The van der Waals surface area contributed by atoms with Crippen molar-refractivity contribution in [3.05, 3.63) is 33.6 Å². The van der Waals surface area contributed by atoms with E-state index in [4.69, 9.17) is 23.2 Å². The zero-order valence-corrected chi connectivity index (χ0v) is 12.7. The van der Waals surface area contributed by atoms with Gasteiger partial charge in [-0.3, -0.25) is 0 Å². The molecule has 0 aromatic heterocycles. The van der Waals surface area contributed by atoms with Gasteiger partial charge in [-0.2, -0.15) is 0 Å². The quantitative estimate of drug-likeness (QED) is 0.722. The van der Waals surface area contributed by atoms with E-state index < -0.39 is 5.82 Å². The van der Waals surface area contributed by atoms with E-state index in [1.165, 1.54) is 44.2 Å². The molecule has 1 atom stereocenters. The summed E-state index contributed by atoms with van der Waals surface area (Å²) in [6.07, 6.45) is 6.64. The molecular formula is C15H20Cl2FN. The molecule has 1 aromatic rings. The molecule has 0 saturated heterocycles. The Hall–Kier alpha value is -0.310. The van der Waals surface area contributed by atoms with Crippen LogP contribution >= 0.6 is 23.2 Å².